The fourth-order valence-electron chi connectivity index (χ4n) is 5.32. The van der Waals surface area contributed by atoms with E-state index in [0.717, 1.165) is 29.7 Å². The number of benzene rings is 3. The van der Waals surface area contributed by atoms with Crippen LogP contribution in [0.1, 0.15) is 55.0 Å². The lowest BCUT2D eigenvalue weighted by molar-refractivity contribution is -0.132. The van der Waals surface area contributed by atoms with E-state index < -0.39 is 17.7 Å². The largest absolute Gasteiger partial charge is 0.507 e. The molecule has 2 aliphatic rings. The lowest BCUT2D eigenvalue weighted by Gasteiger charge is -2.23. The molecule has 3 aromatic carbocycles. The van der Waals surface area contributed by atoms with E-state index in [1.54, 1.807) is 36.4 Å². The molecule has 1 saturated heterocycles. The SMILES string of the molecule is CCCCOc1cccc([C@@H]2/C(=C(\O)c3ccc4c(c3)C[C@H](C)O4)C(=O)C(=O)N2c2nnc(SCc3ccc(Cl)cc3Cl)s2)c1. The van der Waals surface area contributed by atoms with E-state index >= 15 is 0 Å². The summed E-state index contributed by atoms with van der Waals surface area (Å²) in [6.45, 7) is 4.58. The number of hydrogen-bond donors (Lipinski definition) is 1. The van der Waals surface area contributed by atoms with Crippen LogP contribution in [0.2, 0.25) is 10.0 Å². The molecular weight excluding hydrogens is 653 g/mol. The standard InChI is InChI=1S/C33H29Cl2N3O5S2/c1-3-4-12-42-24-7-5-6-19(15-24)28-27(29(39)20-9-11-26-22(14-20)13-18(2)43-26)30(40)31(41)38(28)32-36-37-33(45-32)44-17-21-8-10-23(34)16-25(21)35/h5-11,14-16,18,28,39H,3-4,12-13,17H2,1-2H3/b29-27+/t18-,28+/m0/s1. The van der Waals surface area contributed by atoms with Crippen LogP contribution in [-0.2, 0) is 21.8 Å². The zero-order valence-corrected chi connectivity index (χ0v) is 27.6. The molecule has 1 fully saturated rings. The van der Waals surface area contributed by atoms with Gasteiger partial charge < -0.3 is 14.6 Å². The molecule has 1 amide bonds. The molecule has 0 spiro atoms. The minimum absolute atomic E-state index is 0.0126. The molecule has 12 heteroatoms. The number of halogens is 2. The number of aliphatic hydroxyl groups is 1. The second-order valence-electron chi connectivity index (χ2n) is 10.8. The summed E-state index contributed by atoms with van der Waals surface area (Å²) in [4.78, 5) is 28.7. The van der Waals surface area contributed by atoms with Crippen LogP contribution < -0.4 is 14.4 Å². The van der Waals surface area contributed by atoms with Gasteiger partial charge in [0.2, 0.25) is 5.13 Å². The van der Waals surface area contributed by atoms with Gasteiger partial charge in [-0.25, -0.2) is 0 Å². The predicted octanol–water partition coefficient (Wildman–Crippen LogP) is 8.27. The highest BCUT2D eigenvalue weighted by molar-refractivity contribution is 8.00. The lowest BCUT2D eigenvalue weighted by Crippen LogP contribution is -2.29. The number of carbonyl (C=O) groups is 2. The number of unbranched alkanes of at least 4 members (excludes halogenated alkanes) is 1. The van der Waals surface area contributed by atoms with Crippen molar-refractivity contribution in [1.29, 1.82) is 0 Å². The van der Waals surface area contributed by atoms with Gasteiger partial charge in [0.25, 0.3) is 5.78 Å². The van der Waals surface area contributed by atoms with E-state index in [4.69, 9.17) is 32.7 Å². The van der Waals surface area contributed by atoms with Crippen molar-refractivity contribution in [3.05, 3.63) is 98.5 Å². The van der Waals surface area contributed by atoms with Crippen molar-refractivity contribution in [2.24, 2.45) is 0 Å². The van der Waals surface area contributed by atoms with Gasteiger partial charge in [-0.05, 0) is 72.5 Å². The molecule has 6 rings (SSSR count). The quantitative estimate of drug-likeness (QED) is 0.0446. The zero-order chi connectivity index (χ0) is 31.7. The van der Waals surface area contributed by atoms with Gasteiger partial charge in [-0.15, -0.1) is 10.2 Å². The van der Waals surface area contributed by atoms with E-state index in [1.165, 1.54) is 28.0 Å². The van der Waals surface area contributed by atoms with Crippen LogP contribution in [0.4, 0.5) is 5.13 Å². The number of ketones is 1. The number of aromatic nitrogens is 2. The predicted molar refractivity (Wildman–Crippen MR) is 178 cm³/mol. The fourth-order valence-corrected chi connectivity index (χ4v) is 7.74. The van der Waals surface area contributed by atoms with Crippen LogP contribution in [0.3, 0.4) is 0 Å². The molecule has 232 valence electrons. The summed E-state index contributed by atoms with van der Waals surface area (Å²) in [7, 11) is 0. The van der Waals surface area contributed by atoms with Crippen molar-refractivity contribution in [1.82, 2.24) is 10.2 Å². The van der Waals surface area contributed by atoms with Crippen LogP contribution in [0.25, 0.3) is 5.76 Å². The van der Waals surface area contributed by atoms with Gasteiger partial charge in [0.05, 0.1) is 18.2 Å². The Kier molecular flexibility index (Phi) is 9.37. The summed E-state index contributed by atoms with van der Waals surface area (Å²) in [5.74, 6) is -0.0278. The first-order valence-electron chi connectivity index (χ1n) is 14.5. The molecule has 45 heavy (non-hydrogen) atoms. The highest BCUT2D eigenvalue weighted by Crippen LogP contribution is 2.45. The molecule has 0 radical (unpaired) electrons. The van der Waals surface area contributed by atoms with Crippen LogP contribution >= 0.6 is 46.3 Å². The van der Waals surface area contributed by atoms with Crippen molar-refractivity contribution in [3.63, 3.8) is 0 Å². The number of thioether (sulfide) groups is 1. The zero-order valence-electron chi connectivity index (χ0n) is 24.5. The van der Waals surface area contributed by atoms with Gasteiger partial charge in [-0.1, -0.05) is 77.8 Å². The van der Waals surface area contributed by atoms with Crippen molar-refractivity contribution in [2.45, 2.75) is 55.3 Å². The van der Waals surface area contributed by atoms with Gasteiger partial charge >= 0.3 is 5.91 Å². The van der Waals surface area contributed by atoms with E-state index in [0.29, 0.717) is 50.0 Å². The average Bonchev–Trinajstić information content (AvgIpc) is 3.71. The first kappa shape index (κ1) is 31.4. The summed E-state index contributed by atoms with van der Waals surface area (Å²) >= 11 is 15.0. The third-order valence-electron chi connectivity index (χ3n) is 7.52. The number of hydrogen-bond acceptors (Lipinski definition) is 9. The minimum atomic E-state index is -0.959. The number of ether oxygens (including phenoxy) is 2. The normalized spacial score (nSPS) is 18.7. The third-order valence-corrected chi connectivity index (χ3v) is 10.2. The second kappa shape index (κ2) is 13.4. The molecular formula is C33H29Cl2N3O5S2. The van der Waals surface area contributed by atoms with Crippen LogP contribution in [0.5, 0.6) is 11.5 Å². The second-order valence-corrected chi connectivity index (χ2v) is 13.8. The molecule has 8 nitrogen and oxygen atoms in total. The maximum absolute atomic E-state index is 13.7. The Morgan fingerprint density at radius 1 is 1.13 bits per heavy atom. The molecule has 0 bridgehead atoms. The first-order valence-corrected chi connectivity index (χ1v) is 17.0. The molecule has 2 aliphatic heterocycles. The van der Waals surface area contributed by atoms with Gasteiger partial charge in [0.1, 0.15) is 23.4 Å². The van der Waals surface area contributed by atoms with Gasteiger partial charge in [-0.2, -0.15) is 0 Å². The Morgan fingerprint density at radius 2 is 1.98 bits per heavy atom. The summed E-state index contributed by atoms with van der Waals surface area (Å²) in [5, 5.41) is 21.6. The smallest absolute Gasteiger partial charge is 0.301 e. The molecule has 1 aromatic heterocycles. The minimum Gasteiger partial charge on any atom is -0.507 e. The van der Waals surface area contributed by atoms with Crippen molar-refractivity contribution in [2.75, 3.05) is 11.5 Å². The Morgan fingerprint density at radius 3 is 2.78 bits per heavy atom. The van der Waals surface area contributed by atoms with Gasteiger partial charge in [0, 0.05) is 27.8 Å². The van der Waals surface area contributed by atoms with Gasteiger partial charge in [-0.3, -0.25) is 14.5 Å². The molecule has 0 unspecified atom stereocenters. The molecule has 0 saturated carbocycles. The third kappa shape index (κ3) is 6.56. The van der Waals surface area contributed by atoms with E-state index in [2.05, 4.69) is 17.1 Å². The number of anilines is 1. The van der Waals surface area contributed by atoms with Crippen molar-refractivity contribution < 1.29 is 24.2 Å². The van der Waals surface area contributed by atoms with E-state index in [9.17, 15) is 14.7 Å². The number of carbonyl (C=O) groups excluding carboxylic acids is 2. The fraction of sp³-hybridized carbons (Fsp3) is 0.273. The number of nitrogens with zero attached hydrogens (tertiary/aromatic N) is 3. The molecule has 3 heterocycles. The summed E-state index contributed by atoms with van der Waals surface area (Å²) < 4.78 is 12.3. The summed E-state index contributed by atoms with van der Waals surface area (Å²) in [6.07, 6.45) is 2.55. The number of rotatable bonds is 10. The van der Waals surface area contributed by atoms with Gasteiger partial charge in [0.15, 0.2) is 4.34 Å². The Bertz CT molecular complexity index is 1810. The number of amides is 1. The maximum Gasteiger partial charge on any atom is 0.301 e. The van der Waals surface area contributed by atoms with Crippen LogP contribution in [-0.4, -0.2) is 39.7 Å². The Hall–Kier alpha value is -3.57. The Balaban J connectivity index is 1.38. The number of fused-ring (bicyclic) bond motifs is 1. The highest BCUT2D eigenvalue weighted by Gasteiger charge is 2.48. The summed E-state index contributed by atoms with van der Waals surface area (Å²) in [5.41, 5.74) is 2.79. The first-order chi connectivity index (χ1) is 21.7. The molecule has 4 aromatic rings. The topological polar surface area (TPSA) is 102 Å². The highest BCUT2D eigenvalue weighted by atomic mass is 35.5. The Labute approximate surface area is 279 Å². The van der Waals surface area contributed by atoms with Crippen molar-refractivity contribution in [3.8, 4) is 11.5 Å². The number of Topliss-reactive ketones (excluding diaryl/α,β-unsaturated/α-hetero) is 1. The molecule has 1 N–H and O–H groups in total. The van der Waals surface area contributed by atoms with Crippen molar-refractivity contribution >= 4 is 68.9 Å². The average molecular weight is 683 g/mol. The van der Waals surface area contributed by atoms with Crippen LogP contribution in [0, 0.1) is 0 Å². The molecule has 0 aliphatic carbocycles. The lowest BCUT2D eigenvalue weighted by atomic mass is 9.94. The monoisotopic (exact) mass is 681 g/mol. The maximum atomic E-state index is 13.7. The van der Waals surface area contributed by atoms with E-state index in [1.807, 2.05) is 31.2 Å². The number of aliphatic hydroxyl groups excluding tert-OH is 1. The van der Waals surface area contributed by atoms with E-state index in [-0.39, 0.29) is 22.6 Å². The summed E-state index contributed by atoms with van der Waals surface area (Å²) in [6, 6.07) is 16.9. The molecule has 2 atom stereocenters. The van der Waals surface area contributed by atoms with Crippen LogP contribution in [0.15, 0.2) is 70.6 Å².